The molecule has 0 saturated heterocycles. The molecule has 0 spiro atoms. The second-order valence-corrected chi connectivity index (χ2v) is 19.4. The number of unbranched alkanes of at least 4 members (excludes halogenated alkanes) is 5. The molecule has 10 atom stereocenters. The van der Waals surface area contributed by atoms with Crippen molar-refractivity contribution in [3.8, 4) is 0 Å². The van der Waals surface area contributed by atoms with E-state index in [0.717, 1.165) is 49.7 Å². The number of carbonyl (C=O) groups excluding carboxylic acids is 3. The lowest BCUT2D eigenvalue weighted by Crippen LogP contribution is -2.65. The summed E-state index contributed by atoms with van der Waals surface area (Å²) in [5.74, 6) is -1.22. The third-order valence-corrected chi connectivity index (χ3v) is 14.7. The number of allylic oxidation sites excluding steroid dienone is 4. The topological polar surface area (TPSA) is 119 Å². The maximum absolute atomic E-state index is 14.4. The highest BCUT2D eigenvalue weighted by molar-refractivity contribution is 5.90. The van der Waals surface area contributed by atoms with Crippen molar-refractivity contribution >= 4 is 17.9 Å². The Kier molecular flexibility index (Phi) is 14.6. The number of carbonyl (C=O) groups is 3. The van der Waals surface area contributed by atoms with E-state index in [9.17, 15) is 24.6 Å². The van der Waals surface area contributed by atoms with Gasteiger partial charge in [-0.2, -0.15) is 0 Å². The van der Waals surface area contributed by atoms with Crippen molar-refractivity contribution in [2.75, 3.05) is 6.79 Å². The van der Waals surface area contributed by atoms with Crippen molar-refractivity contribution in [1.82, 2.24) is 0 Å². The van der Waals surface area contributed by atoms with Crippen LogP contribution < -0.4 is 0 Å². The summed E-state index contributed by atoms with van der Waals surface area (Å²) in [7, 11) is 0. The number of fused-ring (bicyclic) bond motifs is 5. The first kappa shape index (κ1) is 44.3. The highest BCUT2D eigenvalue weighted by Crippen LogP contribution is 2.74. The Hall–Kier alpha value is -2.45. The summed E-state index contributed by atoms with van der Waals surface area (Å²) in [4.78, 5) is 39.8. The maximum Gasteiger partial charge on any atom is 0.336 e. The molecule has 0 unspecified atom stereocenters. The molecule has 2 N–H and O–H groups in total. The van der Waals surface area contributed by atoms with Crippen LogP contribution in [0, 0.1) is 45.3 Å². The standard InChI is InChI=1S/C46H74O8/c1-12-13-14-15-16-17-18-19-32(29(2)3)20-21-33(41(50)52-28-53-42(51)43(6,7)8)39-35-26-37(49)40-44(9)24-23-36(48)30(4)34(44)22-25-45(40,10)46(35,11)27-38(39)54-31(5)47/h18-19,30,34-38,40,48-49H,12-17,20-28H2,1-11H3/t30-,34+,35+,36+,37+,38-,40+,44-,45-,46-/m0/s1. The quantitative estimate of drug-likeness (QED) is 0.0592. The normalized spacial score (nSPS) is 35.8. The van der Waals surface area contributed by atoms with Crippen LogP contribution >= 0.6 is 0 Å². The van der Waals surface area contributed by atoms with E-state index in [-0.39, 0.29) is 40.1 Å². The zero-order valence-corrected chi connectivity index (χ0v) is 35.6. The van der Waals surface area contributed by atoms with Crippen molar-refractivity contribution in [3.63, 3.8) is 0 Å². The van der Waals surface area contributed by atoms with Crippen LogP contribution in [0.4, 0.5) is 0 Å². The molecule has 4 aliphatic carbocycles. The second-order valence-electron chi connectivity index (χ2n) is 19.4. The van der Waals surface area contributed by atoms with Crippen LogP contribution in [0.25, 0.3) is 0 Å². The van der Waals surface area contributed by atoms with Gasteiger partial charge in [0.05, 0.1) is 17.6 Å². The van der Waals surface area contributed by atoms with E-state index in [1.807, 2.05) is 0 Å². The highest BCUT2D eigenvalue weighted by Gasteiger charge is 2.71. The van der Waals surface area contributed by atoms with Crippen LogP contribution in [0.1, 0.15) is 166 Å². The zero-order chi connectivity index (χ0) is 40.2. The number of esters is 3. The Morgan fingerprint density at radius 3 is 2.20 bits per heavy atom. The van der Waals surface area contributed by atoms with E-state index in [2.05, 4.69) is 60.6 Å². The maximum atomic E-state index is 14.4. The van der Waals surface area contributed by atoms with Gasteiger partial charge in [0.1, 0.15) is 6.10 Å². The average molecular weight is 755 g/mol. The molecular weight excluding hydrogens is 680 g/mol. The number of hydrogen-bond donors (Lipinski definition) is 2. The molecule has 0 aromatic carbocycles. The van der Waals surface area contributed by atoms with Gasteiger partial charge in [-0.15, -0.1) is 0 Å². The molecule has 4 fully saturated rings. The largest absolute Gasteiger partial charge is 0.458 e. The summed E-state index contributed by atoms with van der Waals surface area (Å²) in [6, 6.07) is 0. The summed E-state index contributed by atoms with van der Waals surface area (Å²) in [5.41, 5.74) is 1.92. The SMILES string of the molecule is CCCCCCCC=CC(CCC(C(=O)OCOC(=O)C(C)(C)C)=C1[C@@H](OC(C)=O)C[C@@]2(C)[C@@H]1C[C@@H](O)[C@@H]1[C@@]3(C)CC[C@@H](O)[C@@H](C)[C@H]3CC[C@@]12C)=C(C)C. The van der Waals surface area contributed by atoms with Crippen molar-refractivity contribution in [2.24, 2.45) is 45.3 Å². The lowest BCUT2D eigenvalue weighted by molar-refractivity contribution is -0.234. The molecule has 8 heteroatoms. The van der Waals surface area contributed by atoms with E-state index in [4.69, 9.17) is 14.2 Å². The predicted molar refractivity (Wildman–Crippen MR) is 213 cm³/mol. The van der Waals surface area contributed by atoms with Crippen LogP contribution in [-0.2, 0) is 28.6 Å². The number of aliphatic hydroxyl groups is 2. The molecule has 0 amide bonds. The van der Waals surface area contributed by atoms with E-state index < -0.39 is 42.3 Å². The Labute approximate surface area is 326 Å². The number of aliphatic hydroxyl groups excluding tert-OH is 2. The van der Waals surface area contributed by atoms with E-state index in [0.29, 0.717) is 37.2 Å². The summed E-state index contributed by atoms with van der Waals surface area (Å²) >= 11 is 0. The predicted octanol–water partition coefficient (Wildman–Crippen LogP) is 9.96. The smallest absolute Gasteiger partial charge is 0.336 e. The minimum absolute atomic E-state index is 0.00567. The fraction of sp³-hybridized carbons (Fsp3) is 0.804. The number of hydrogen-bond acceptors (Lipinski definition) is 8. The van der Waals surface area contributed by atoms with Gasteiger partial charge in [0.2, 0.25) is 6.79 Å². The summed E-state index contributed by atoms with van der Waals surface area (Å²) in [5, 5.41) is 23.3. The Morgan fingerprint density at radius 1 is 0.889 bits per heavy atom. The van der Waals surface area contributed by atoms with Crippen molar-refractivity contribution in [1.29, 1.82) is 0 Å². The Morgan fingerprint density at radius 2 is 1.57 bits per heavy atom. The fourth-order valence-electron chi connectivity index (χ4n) is 11.6. The number of rotatable bonds is 14. The minimum Gasteiger partial charge on any atom is -0.458 e. The van der Waals surface area contributed by atoms with Crippen LogP contribution in [0.5, 0.6) is 0 Å². The summed E-state index contributed by atoms with van der Waals surface area (Å²) in [6.45, 7) is 21.7. The molecule has 54 heavy (non-hydrogen) atoms. The van der Waals surface area contributed by atoms with Gasteiger partial charge < -0.3 is 24.4 Å². The molecule has 0 aromatic rings. The van der Waals surface area contributed by atoms with E-state index in [1.54, 1.807) is 20.8 Å². The first-order valence-corrected chi connectivity index (χ1v) is 21.2. The third kappa shape index (κ3) is 9.06. The van der Waals surface area contributed by atoms with Crippen LogP contribution in [0.2, 0.25) is 0 Å². The van der Waals surface area contributed by atoms with Gasteiger partial charge >= 0.3 is 17.9 Å². The van der Waals surface area contributed by atoms with Gasteiger partial charge in [0.15, 0.2) is 0 Å². The van der Waals surface area contributed by atoms with Crippen LogP contribution in [0.3, 0.4) is 0 Å². The van der Waals surface area contributed by atoms with Gasteiger partial charge in [-0.25, -0.2) is 4.79 Å². The van der Waals surface area contributed by atoms with Gasteiger partial charge in [0.25, 0.3) is 0 Å². The Balaban J connectivity index is 1.75. The zero-order valence-electron chi connectivity index (χ0n) is 35.6. The number of ether oxygens (including phenoxy) is 3. The summed E-state index contributed by atoms with van der Waals surface area (Å²) in [6.07, 6.45) is 15.3. The van der Waals surface area contributed by atoms with Crippen molar-refractivity contribution < 1.29 is 38.8 Å². The molecule has 8 nitrogen and oxygen atoms in total. The molecule has 4 saturated carbocycles. The van der Waals surface area contributed by atoms with Crippen molar-refractivity contribution in [2.45, 2.75) is 184 Å². The van der Waals surface area contributed by atoms with Gasteiger partial charge in [-0.1, -0.05) is 78.0 Å². The molecule has 4 rings (SSSR count). The van der Waals surface area contributed by atoms with E-state index >= 15 is 0 Å². The lowest BCUT2D eigenvalue weighted by atomic mass is 9.36. The van der Waals surface area contributed by atoms with Crippen molar-refractivity contribution in [3.05, 3.63) is 34.4 Å². The van der Waals surface area contributed by atoms with Gasteiger partial charge in [0, 0.05) is 12.5 Å². The molecule has 0 bridgehead atoms. The molecule has 4 aliphatic rings. The van der Waals surface area contributed by atoms with Crippen LogP contribution in [0.15, 0.2) is 34.4 Å². The Bertz CT molecular complexity index is 1450. The molecule has 306 valence electrons. The summed E-state index contributed by atoms with van der Waals surface area (Å²) < 4.78 is 17.3. The van der Waals surface area contributed by atoms with Gasteiger partial charge in [-0.3, -0.25) is 9.59 Å². The van der Waals surface area contributed by atoms with E-state index in [1.165, 1.54) is 38.2 Å². The van der Waals surface area contributed by atoms with Gasteiger partial charge in [-0.05, 0) is 150 Å². The molecule has 0 aliphatic heterocycles. The third-order valence-electron chi connectivity index (χ3n) is 14.7. The second kappa shape index (κ2) is 17.8. The molecule has 0 radical (unpaired) electrons. The van der Waals surface area contributed by atoms with Crippen LogP contribution in [-0.4, -0.2) is 53.2 Å². The molecule has 0 heterocycles. The first-order valence-electron chi connectivity index (χ1n) is 21.2. The molecular formula is C46H74O8. The molecule has 0 aromatic heterocycles. The first-order chi connectivity index (χ1) is 25.2. The lowest BCUT2D eigenvalue weighted by Gasteiger charge is -2.69. The fourth-order valence-corrected chi connectivity index (χ4v) is 11.6. The minimum atomic E-state index is -0.754. The average Bonchev–Trinajstić information content (AvgIpc) is 3.35. The highest BCUT2D eigenvalue weighted by atomic mass is 16.7. The monoisotopic (exact) mass is 755 g/mol.